The highest BCUT2D eigenvalue weighted by Gasteiger charge is 2.16. The molecule has 0 aromatic carbocycles. The first-order valence-electron chi connectivity index (χ1n) is 5.23. The molecular weight excluding hydrogens is 256 g/mol. The predicted octanol–water partition coefficient (Wildman–Crippen LogP) is 1.24. The summed E-state index contributed by atoms with van der Waals surface area (Å²) >= 11 is 3.32. The number of anilines is 1. The normalized spacial score (nSPS) is 17.2. The van der Waals surface area contributed by atoms with Gasteiger partial charge >= 0.3 is 0 Å². The van der Waals surface area contributed by atoms with Crippen LogP contribution in [0.25, 0.3) is 0 Å². The summed E-state index contributed by atoms with van der Waals surface area (Å²) in [7, 11) is 0. The summed E-state index contributed by atoms with van der Waals surface area (Å²) < 4.78 is 0.672. The van der Waals surface area contributed by atoms with E-state index in [9.17, 15) is 0 Å². The molecule has 1 aliphatic heterocycles. The number of halogens is 1. The smallest absolute Gasteiger partial charge is 0.156 e. The Bertz CT molecular complexity index is 334. The minimum Gasteiger partial charge on any atom is -0.381 e. The molecule has 2 N–H and O–H groups in total. The maximum absolute atomic E-state index is 5.73. The molecule has 5 heteroatoms. The van der Waals surface area contributed by atoms with Crippen LogP contribution < -0.4 is 5.73 Å². The molecule has 0 amide bonds. The van der Waals surface area contributed by atoms with E-state index in [1.54, 1.807) is 0 Å². The van der Waals surface area contributed by atoms with Crippen LogP contribution >= 0.6 is 15.9 Å². The first-order valence-corrected chi connectivity index (χ1v) is 6.03. The second kappa shape index (κ2) is 4.45. The SMILES string of the molecule is CCN1CCc2nc(N)c(Br)nc2CC1. The van der Waals surface area contributed by atoms with Crippen LogP contribution in [0.4, 0.5) is 5.82 Å². The maximum atomic E-state index is 5.73. The molecular formula is C10H15BrN4. The molecule has 1 aromatic heterocycles. The van der Waals surface area contributed by atoms with Crippen molar-refractivity contribution in [2.24, 2.45) is 0 Å². The number of fused-ring (bicyclic) bond motifs is 1. The molecule has 82 valence electrons. The first-order chi connectivity index (χ1) is 7.20. The van der Waals surface area contributed by atoms with Crippen molar-refractivity contribution in [2.45, 2.75) is 19.8 Å². The van der Waals surface area contributed by atoms with Crippen LogP contribution in [-0.4, -0.2) is 34.5 Å². The fraction of sp³-hybridized carbons (Fsp3) is 0.600. The third-order valence-corrected chi connectivity index (χ3v) is 3.39. The van der Waals surface area contributed by atoms with Gasteiger partial charge in [-0.3, -0.25) is 0 Å². The van der Waals surface area contributed by atoms with Gasteiger partial charge in [-0.1, -0.05) is 6.92 Å². The highest BCUT2D eigenvalue weighted by molar-refractivity contribution is 9.10. The highest BCUT2D eigenvalue weighted by atomic mass is 79.9. The minimum atomic E-state index is 0.499. The van der Waals surface area contributed by atoms with Crippen molar-refractivity contribution >= 4 is 21.7 Å². The molecule has 1 aliphatic rings. The van der Waals surface area contributed by atoms with Crippen molar-refractivity contribution in [1.29, 1.82) is 0 Å². The van der Waals surface area contributed by atoms with Crippen molar-refractivity contribution in [1.82, 2.24) is 14.9 Å². The lowest BCUT2D eigenvalue weighted by molar-refractivity contribution is 0.302. The van der Waals surface area contributed by atoms with E-state index in [2.05, 4.69) is 37.7 Å². The highest BCUT2D eigenvalue weighted by Crippen LogP contribution is 2.19. The van der Waals surface area contributed by atoms with E-state index < -0.39 is 0 Å². The number of hydrogen-bond donors (Lipinski definition) is 1. The van der Waals surface area contributed by atoms with Gasteiger partial charge in [-0.2, -0.15) is 0 Å². The van der Waals surface area contributed by atoms with Crippen LogP contribution in [0.1, 0.15) is 18.3 Å². The van der Waals surface area contributed by atoms with Crippen LogP contribution in [0, 0.1) is 0 Å². The second-order valence-corrected chi connectivity index (χ2v) is 4.48. The molecule has 1 aromatic rings. The van der Waals surface area contributed by atoms with Crippen molar-refractivity contribution in [3.63, 3.8) is 0 Å². The predicted molar refractivity (Wildman–Crippen MR) is 63.7 cm³/mol. The van der Waals surface area contributed by atoms with E-state index in [0.717, 1.165) is 43.9 Å². The van der Waals surface area contributed by atoms with Crippen molar-refractivity contribution in [3.8, 4) is 0 Å². The van der Waals surface area contributed by atoms with Crippen LogP contribution in [0.15, 0.2) is 4.60 Å². The Hall–Kier alpha value is -0.680. The van der Waals surface area contributed by atoms with Gasteiger partial charge < -0.3 is 10.6 Å². The van der Waals surface area contributed by atoms with E-state index in [4.69, 9.17) is 5.73 Å². The zero-order chi connectivity index (χ0) is 10.8. The van der Waals surface area contributed by atoms with Crippen LogP contribution in [0.5, 0.6) is 0 Å². The lowest BCUT2D eigenvalue weighted by atomic mass is 10.2. The molecule has 0 spiro atoms. The first kappa shape index (κ1) is 10.8. The van der Waals surface area contributed by atoms with Crippen LogP contribution in [0.2, 0.25) is 0 Å². The number of nitrogens with two attached hydrogens (primary N) is 1. The Morgan fingerprint density at radius 3 is 2.47 bits per heavy atom. The number of hydrogen-bond acceptors (Lipinski definition) is 4. The van der Waals surface area contributed by atoms with E-state index in [-0.39, 0.29) is 0 Å². The van der Waals surface area contributed by atoms with Gasteiger partial charge in [-0.15, -0.1) is 0 Å². The molecule has 0 aliphatic carbocycles. The monoisotopic (exact) mass is 270 g/mol. The summed E-state index contributed by atoms with van der Waals surface area (Å²) in [4.78, 5) is 11.2. The largest absolute Gasteiger partial charge is 0.381 e. The molecule has 0 bridgehead atoms. The van der Waals surface area contributed by atoms with Gasteiger partial charge in [0.15, 0.2) is 5.82 Å². The summed E-state index contributed by atoms with van der Waals surface area (Å²) in [6.07, 6.45) is 1.92. The van der Waals surface area contributed by atoms with Crippen LogP contribution in [-0.2, 0) is 12.8 Å². The molecule has 0 saturated carbocycles. The van der Waals surface area contributed by atoms with E-state index in [1.807, 2.05) is 0 Å². The van der Waals surface area contributed by atoms with Gasteiger partial charge in [0.2, 0.25) is 0 Å². The van der Waals surface area contributed by atoms with Gasteiger partial charge in [0, 0.05) is 25.9 Å². The van der Waals surface area contributed by atoms with Gasteiger partial charge in [0.25, 0.3) is 0 Å². The Morgan fingerprint density at radius 2 is 1.87 bits per heavy atom. The van der Waals surface area contributed by atoms with Crippen molar-refractivity contribution < 1.29 is 0 Å². The van der Waals surface area contributed by atoms with Gasteiger partial charge in [-0.05, 0) is 22.5 Å². The van der Waals surface area contributed by atoms with E-state index in [1.165, 1.54) is 0 Å². The number of aromatic nitrogens is 2. The molecule has 0 radical (unpaired) electrons. The number of likely N-dealkylation sites (N-methyl/N-ethyl adjacent to an activating group) is 1. The average molecular weight is 271 g/mol. The average Bonchev–Trinajstić information content (AvgIpc) is 2.42. The zero-order valence-electron chi connectivity index (χ0n) is 8.83. The van der Waals surface area contributed by atoms with Crippen molar-refractivity contribution in [3.05, 3.63) is 16.0 Å². The summed E-state index contributed by atoms with van der Waals surface area (Å²) in [6.45, 7) is 5.39. The number of nitrogen functional groups attached to an aromatic ring is 1. The zero-order valence-corrected chi connectivity index (χ0v) is 10.4. The Labute approximate surface area is 98.0 Å². The van der Waals surface area contributed by atoms with E-state index in [0.29, 0.717) is 10.4 Å². The lowest BCUT2D eigenvalue weighted by Gasteiger charge is -2.15. The molecule has 0 atom stereocenters. The second-order valence-electron chi connectivity index (χ2n) is 3.73. The molecule has 4 nitrogen and oxygen atoms in total. The standard InChI is InChI=1S/C10H15BrN4/c1-2-15-5-3-7-8(4-6-15)14-10(12)9(11)13-7/h2-6H2,1H3,(H2,12,14). The number of nitrogens with zero attached hydrogens (tertiary/aromatic N) is 3. The Morgan fingerprint density at radius 1 is 1.27 bits per heavy atom. The summed E-state index contributed by atoms with van der Waals surface area (Å²) in [5.41, 5.74) is 7.88. The quantitative estimate of drug-likeness (QED) is 0.835. The summed E-state index contributed by atoms with van der Waals surface area (Å²) in [5.74, 6) is 0.499. The van der Waals surface area contributed by atoms with Gasteiger partial charge in [0.1, 0.15) is 4.60 Å². The van der Waals surface area contributed by atoms with Gasteiger partial charge in [0.05, 0.1) is 11.4 Å². The molecule has 0 unspecified atom stereocenters. The molecule has 2 rings (SSSR count). The summed E-state index contributed by atoms with van der Waals surface area (Å²) in [5, 5.41) is 0. The third-order valence-electron chi connectivity index (χ3n) is 2.81. The van der Waals surface area contributed by atoms with Gasteiger partial charge in [-0.25, -0.2) is 9.97 Å². The number of rotatable bonds is 1. The Kier molecular flexibility index (Phi) is 3.21. The Balaban J connectivity index is 2.27. The maximum Gasteiger partial charge on any atom is 0.156 e. The molecule has 0 saturated heterocycles. The third kappa shape index (κ3) is 2.29. The molecule has 0 fully saturated rings. The van der Waals surface area contributed by atoms with Crippen LogP contribution in [0.3, 0.4) is 0 Å². The molecule has 2 heterocycles. The lowest BCUT2D eigenvalue weighted by Crippen LogP contribution is -2.25. The topological polar surface area (TPSA) is 55.0 Å². The summed E-state index contributed by atoms with van der Waals surface area (Å²) in [6, 6.07) is 0. The van der Waals surface area contributed by atoms with Crippen molar-refractivity contribution in [2.75, 3.05) is 25.4 Å². The minimum absolute atomic E-state index is 0.499. The van der Waals surface area contributed by atoms with E-state index >= 15 is 0 Å². The fourth-order valence-corrected chi connectivity index (χ4v) is 2.16. The fourth-order valence-electron chi connectivity index (χ4n) is 1.85. The molecule has 15 heavy (non-hydrogen) atoms.